The van der Waals surface area contributed by atoms with Gasteiger partial charge < -0.3 is 9.73 Å². The van der Waals surface area contributed by atoms with E-state index in [1.54, 1.807) is 12.4 Å². The largest absolute Gasteiger partial charge is 0.448 e. The second-order valence-electron chi connectivity index (χ2n) is 4.19. The monoisotopic (exact) mass is 259 g/mol. The molecule has 0 unspecified atom stereocenters. The molecule has 1 amide bonds. The van der Waals surface area contributed by atoms with E-state index in [9.17, 15) is 4.79 Å². The number of oxazole rings is 1. The Morgan fingerprint density at radius 3 is 2.74 bits per heavy atom. The molecule has 0 fully saturated rings. The van der Waals surface area contributed by atoms with Crippen LogP contribution in [0.5, 0.6) is 0 Å². The van der Waals surface area contributed by atoms with Crippen molar-refractivity contribution in [2.45, 2.75) is 32.7 Å². The maximum Gasteiger partial charge on any atom is 0.274 e. The molecule has 0 aliphatic carbocycles. The zero-order valence-corrected chi connectivity index (χ0v) is 11.1. The Kier molecular flexibility index (Phi) is 4.28. The van der Waals surface area contributed by atoms with Crippen LogP contribution in [-0.2, 0) is 6.42 Å². The van der Waals surface area contributed by atoms with Crippen LogP contribution in [0, 0.1) is 0 Å². The lowest BCUT2D eigenvalue weighted by atomic mass is 10.1. The zero-order chi connectivity index (χ0) is 13.7. The third-order valence-electron chi connectivity index (χ3n) is 3.00. The number of rotatable bonds is 5. The highest BCUT2D eigenvalue weighted by atomic mass is 16.3. The van der Waals surface area contributed by atoms with Crippen molar-refractivity contribution in [1.29, 1.82) is 0 Å². The number of aromatic nitrogens is 2. The van der Waals surface area contributed by atoms with Crippen molar-refractivity contribution < 1.29 is 9.21 Å². The Hall–Kier alpha value is -2.17. The summed E-state index contributed by atoms with van der Waals surface area (Å²) in [6, 6.07) is 3.76. The molecule has 0 aliphatic rings. The van der Waals surface area contributed by atoms with Crippen molar-refractivity contribution in [3.8, 4) is 0 Å². The number of aryl methyl sites for hydroxylation is 1. The van der Waals surface area contributed by atoms with Crippen LogP contribution in [0.2, 0.25) is 0 Å². The second kappa shape index (κ2) is 6.13. The number of pyridine rings is 1. The number of hydrogen-bond acceptors (Lipinski definition) is 4. The summed E-state index contributed by atoms with van der Waals surface area (Å²) in [6.07, 6.45) is 6.19. The molecule has 0 spiro atoms. The zero-order valence-electron chi connectivity index (χ0n) is 11.1. The van der Waals surface area contributed by atoms with Crippen molar-refractivity contribution in [1.82, 2.24) is 15.3 Å². The van der Waals surface area contributed by atoms with Crippen molar-refractivity contribution >= 4 is 5.91 Å². The van der Waals surface area contributed by atoms with Crippen LogP contribution in [0.15, 0.2) is 35.3 Å². The normalized spacial score (nSPS) is 12.1. The van der Waals surface area contributed by atoms with Crippen LogP contribution >= 0.6 is 0 Å². The predicted octanol–water partition coefficient (Wildman–Crippen LogP) is 2.51. The smallest absolute Gasteiger partial charge is 0.274 e. The quantitative estimate of drug-likeness (QED) is 0.895. The predicted molar refractivity (Wildman–Crippen MR) is 70.6 cm³/mol. The summed E-state index contributed by atoms with van der Waals surface area (Å²) in [5.41, 5.74) is 1.40. The Morgan fingerprint density at radius 1 is 1.37 bits per heavy atom. The van der Waals surface area contributed by atoms with E-state index < -0.39 is 0 Å². The van der Waals surface area contributed by atoms with E-state index in [4.69, 9.17) is 4.42 Å². The van der Waals surface area contributed by atoms with Gasteiger partial charge in [0.15, 0.2) is 12.1 Å². The molecule has 1 N–H and O–H groups in total. The van der Waals surface area contributed by atoms with Gasteiger partial charge in [-0.2, -0.15) is 0 Å². The van der Waals surface area contributed by atoms with E-state index in [-0.39, 0.29) is 11.9 Å². The summed E-state index contributed by atoms with van der Waals surface area (Å²) in [4.78, 5) is 20.1. The van der Waals surface area contributed by atoms with Crippen molar-refractivity contribution in [3.63, 3.8) is 0 Å². The minimum absolute atomic E-state index is 0.0445. The van der Waals surface area contributed by atoms with Crippen LogP contribution in [0.1, 0.15) is 48.1 Å². The number of nitrogens with zero attached hydrogens (tertiary/aromatic N) is 2. The van der Waals surface area contributed by atoms with Gasteiger partial charge >= 0.3 is 0 Å². The first kappa shape index (κ1) is 13.3. The molecular formula is C14H17N3O2. The summed E-state index contributed by atoms with van der Waals surface area (Å²) in [6.45, 7) is 3.95. The third-order valence-corrected chi connectivity index (χ3v) is 3.00. The average molecular weight is 259 g/mol. The molecule has 5 nitrogen and oxygen atoms in total. The first-order valence-corrected chi connectivity index (χ1v) is 6.39. The fraction of sp³-hybridized carbons (Fsp3) is 0.357. The third kappa shape index (κ3) is 2.99. The highest BCUT2D eigenvalue weighted by Gasteiger charge is 2.19. The first-order valence-electron chi connectivity index (χ1n) is 6.39. The fourth-order valence-electron chi connectivity index (χ4n) is 1.95. The van der Waals surface area contributed by atoms with Crippen LogP contribution in [0.3, 0.4) is 0 Å². The van der Waals surface area contributed by atoms with Crippen LogP contribution in [-0.4, -0.2) is 15.9 Å². The van der Waals surface area contributed by atoms with Crippen LogP contribution in [0.25, 0.3) is 0 Å². The van der Waals surface area contributed by atoms with Gasteiger partial charge in [0, 0.05) is 18.8 Å². The number of amides is 1. The second-order valence-corrected chi connectivity index (χ2v) is 4.19. The summed E-state index contributed by atoms with van der Waals surface area (Å²) >= 11 is 0. The van der Waals surface area contributed by atoms with Gasteiger partial charge in [-0.05, 0) is 24.1 Å². The number of carbonyl (C=O) groups is 1. The Balaban J connectivity index is 2.13. The van der Waals surface area contributed by atoms with E-state index in [0.29, 0.717) is 17.9 Å². The molecule has 100 valence electrons. The molecule has 0 saturated heterocycles. The maximum atomic E-state index is 12.2. The lowest BCUT2D eigenvalue weighted by molar-refractivity contribution is 0.0929. The SMILES string of the molecule is CCc1ocnc1C(=O)N[C@H](CC)c1ccncc1. The minimum atomic E-state index is -0.200. The number of carbonyl (C=O) groups excluding carboxylic acids is 1. The highest BCUT2D eigenvalue weighted by Crippen LogP contribution is 2.17. The van der Waals surface area contributed by atoms with Crippen LogP contribution in [0.4, 0.5) is 0 Å². The van der Waals surface area contributed by atoms with Crippen LogP contribution < -0.4 is 5.32 Å². The van der Waals surface area contributed by atoms with Gasteiger partial charge in [0.05, 0.1) is 6.04 Å². The molecule has 1 atom stereocenters. The summed E-state index contributed by atoms with van der Waals surface area (Å²) < 4.78 is 5.17. The maximum absolute atomic E-state index is 12.2. The fourth-order valence-corrected chi connectivity index (χ4v) is 1.95. The molecule has 0 radical (unpaired) electrons. The molecule has 2 heterocycles. The summed E-state index contributed by atoms with van der Waals surface area (Å²) in [7, 11) is 0. The van der Waals surface area contributed by atoms with Crippen molar-refractivity contribution in [3.05, 3.63) is 47.9 Å². The molecule has 19 heavy (non-hydrogen) atoms. The van der Waals surface area contributed by atoms with E-state index in [2.05, 4.69) is 15.3 Å². The molecule has 0 aliphatic heterocycles. The lowest BCUT2D eigenvalue weighted by Gasteiger charge is -2.16. The van der Waals surface area contributed by atoms with E-state index in [1.807, 2.05) is 26.0 Å². The lowest BCUT2D eigenvalue weighted by Crippen LogP contribution is -2.29. The molecule has 0 bridgehead atoms. The van der Waals surface area contributed by atoms with Gasteiger partial charge in [0.1, 0.15) is 5.76 Å². The Bertz CT molecular complexity index is 537. The Labute approximate surface area is 112 Å². The molecule has 0 aromatic carbocycles. The Morgan fingerprint density at radius 2 is 2.11 bits per heavy atom. The molecular weight excluding hydrogens is 242 g/mol. The van der Waals surface area contributed by atoms with Crippen molar-refractivity contribution in [2.75, 3.05) is 0 Å². The minimum Gasteiger partial charge on any atom is -0.448 e. The van der Waals surface area contributed by atoms with E-state index >= 15 is 0 Å². The van der Waals surface area contributed by atoms with Gasteiger partial charge in [0.2, 0.25) is 0 Å². The molecule has 2 aromatic heterocycles. The standard InChI is InChI=1S/C14H17N3O2/c1-3-11(10-5-7-15-8-6-10)17-14(18)13-12(4-2)19-9-16-13/h5-9,11H,3-4H2,1-2H3,(H,17,18)/t11-/m1/s1. The summed E-state index contributed by atoms with van der Waals surface area (Å²) in [5, 5.41) is 2.97. The summed E-state index contributed by atoms with van der Waals surface area (Å²) in [5.74, 6) is 0.413. The first-order chi connectivity index (χ1) is 9.26. The van der Waals surface area contributed by atoms with Gasteiger partial charge in [-0.3, -0.25) is 9.78 Å². The van der Waals surface area contributed by atoms with Gasteiger partial charge in [-0.15, -0.1) is 0 Å². The molecule has 2 aromatic rings. The molecule has 0 saturated carbocycles. The average Bonchev–Trinajstić information content (AvgIpc) is 2.94. The number of nitrogens with one attached hydrogen (secondary N) is 1. The highest BCUT2D eigenvalue weighted by molar-refractivity contribution is 5.93. The number of hydrogen-bond donors (Lipinski definition) is 1. The van der Waals surface area contributed by atoms with E-state index in [0.717, 1.165) is 12.0 Å². The van der Waals surface area contributed by atoms with Crippen molar-refractivity contribution in [2.24, 2.45) is 0 Å². The van der Waals surface area contributed by atoms with E-state index in [1.165, 1.54) is 6.39 Å². The van der Waals surface area contributed by atoms with Gasteiger partial charge in [-0.1, -0.05) is 13.8 Å². The molecule has 2 rings (SSSR count). The topological polar surface area (TPSA) is 68.0 Å². The van der Waals surface area contributed by atoms with Gasteiger partial charge in [0.25, 0.3) is 5.91 Å². The molecule has 5 heteroatoms. The van der Waals surface area contributed by atoms with Gasteiger partial charge in [-0.25, -0.2) is 4.98 Å².